The van der Waals surface area contributed by atoms with Gasteiger partial charge in [0.05, 0.1) is 6.10 Å². The summed E-state index contributed by atoms with van der Waals surface area (Å²) in [5.41, 5.74) is 0. The second-order valence-electron chi connectivity index (χ2n) is 5.98. The van der Waals surface area contributed by atoms with Crippen LogP contribution in [0.4, 0.5) is 5.95 Å². The molecule has 3 atom stereocenters. The molecule has 2 aliphatic heterocycles. The number of piperidine rings is 1. The van der Waals surface area contributed by atoms with Crippen molar-refractivity contribution in [3.05, 3.63) is 18.5 Å². The molecule has 1 amide bonds. The van der Waals surface area contributed by atoms with Crippen molar-refractivity contribution >= 4 is 11.9 Å². The van der Waals surface area contributed by atoms with Crippen LogP contribution in [0.15, 0.2) is 18.5 Å². The third-order valence-electron chi connectivity index (χ3n) is 4.46. The fourth-order valence-corrected chi connectivity index (χ4v) is 3.39. The molecule has 0 spiro atoms. The number of anilines is 1. The normalized spacial score (nSPS) is 28.9. The van der Waals surface area contributed by atoms with Gasteiger partial charge in [0.15, 0.2) is 0 Å². The van der Waals surface area contributed by atoms with Crippen LogP contribution in [0.5, 0.6) is 0 Å². The molecule has 0 aromatic carbocycles. The Kier molecular flexibility index (Phi) is 4.05. The molecule has 0 bridgehead atoms. The minimum atomic E-state index is 0.0465. The van der Waals surface area contributed by atoms with Gasteiger partial charge in [0.2, 0.25) is 11.9 Å². The van der Waals surface area contributed by atoms with Gasteiger partial charge in [-0.3, -0.25) is 4.79 Å². The van der Waals surface area contributed by atoms with Crippen molar-refractivity contribution in [1.82, 2.24) is 14.9 Å². The maximum Gasteiger partial charge on any atom is 0.225 e. The summed E-state index contributed by atoms with van der Waals surface area (Å²) in [6.45, 7) is 2.36. The Morgan fingerprint density at radius 2 is 2.10 bits per heavy atom. The van der Waals surface area contributed by atoms with Crippen LogP contribution >= 0.6 is 0 Å². The van der Waals surface area contributed by atoms with E-state index in [-0.39, 0.29) is 23.8 Å². The van der Waals surface area contributed by atoms with Crippen molar-refractivity contribution in [3.8, 4) is 0 Å². The molecule has 2 fully saturated rings. The molecule has 0 radical (unpaired) electrons. The van der Waals surface area contributed by atoms with Crippen LogP contribution in [0.3, 0.4) is 0 Å². The van der Waals surface area contributed by atoms with E-state index in [1.165, 1.54) is 0 Å². The molecule has 6 nitrogen and oxygen atoms in total. The molecule has 2 saturated heterocycles. The molecule has 6 heteroatoms. The number of fused-ring (bicyclic) bond motifs is 1. The van der Waals surface area contributed by atoms with Crippen LogP contribution in [0.2, 0.25) is 0 Å². The number of hydrogen-bond donors (Lipinski definition) is 0. The average Bonchev–Trinajstić information content (AvgIpc) is 2.54. The van der Waals surface area contributed by atoms with Crippen molar-refractivity contribution in [3.63, 3.8) is 0 Å². The molecule has 0 aliphatic carbocycles. The maximum atomic E-state index is 12.4. The molecular formula is C15H22N4O2. The third-order valence-corrected chi connectivity index (χ3v) is 4.46. The van der Waals surface area contributed by atoms with Gasteiger partial charge in [-0.2, -0.15) is 0 Å². The molecule has 1 aromatic heterocycles. The summed E-state index contributed by atoms with van der Waals surface area (Å²) in [5.74, 6) is 1.23. The Morgan fingerprint density at radius 3 is 2.81 bits per heavy atom. The molecule has 0 unspecified atom stereocenters. The van der Waals surface area contributed by atoms with Gasteiger partial charge in [0, 0.05) is 58.0 Å². The number of hydrogen-bond acceptors (Lipinski definition) is 5. The lowest BCUT2D eigenvalue weighted by Gasteiger charge is -2.44. The third kappa shape index (κ3) is 2.85. The lowest BCUT2D eigenvalue weighted by Crippen LogP contribution is -2.53. The van der Waals surface area contributed by atoms with Crippen molar-refractivity contribution in [2.45, 2.75) is 18.9 Å². The first kappa shape index (κ1) is 14.3. The Labute approximate surface area is 125 Å². The number of aromatic nitrogens is 2. The molecule has 0 saturated carbocycles. The van der Waals surface area contributed by atoms with Crippen LogP contribution in [-0.2, 0) is 9.53 Å². The number of amides is 1. The smallest absolute Gasteiger partial charge is 0.225 e. The Balaban J connectivity index is 1.77. The van der Waals surface area contributed by atoms with Gasteiger partial charge in [-0.15, -0.1) is 0 Å². The van der Waals surface area contributed by atoms with E-state index < -0.39 is 0 Å². The summed E-state index contributed by atoms with van der Waals surface area (Å²) in [5, 5.41) is 0. The van der Waals surface area contributed by atoms with Crippen molar-refractivity contribution in [1.29, 1.82) is 0 Å². The van der Waals surface area contributed by atoms with Gasteiger partial charge in [-0.1, -0.05) is 0 Å². The second kappa shape index (κ2) is 5.97. The molecule has 114 valence electrons. The molecule has 0 N–H and O–H groups in total. The summed E-state index contributed by atoms with van der Waals surface area (Å²) in [6, 6.07) is 1.82. The van der Waals surface area contributed by atoms with Crippen LogP contribution in [-0.4, -0.2) is 60.7 Å². The predicted octanol–water partition coefficient (Wildman–Crippen LogP) is 0.796. The summed E-state index contributed by atoms with van der Waals surface area (Å²) in [4.78, 5) is 24.9. The summed E-state index contributed by atoms with van der Waals surface area (Å²) in [7, 11) is 3.65. The van der Waals surface area contributed by atoms with Gasteiger partial charge in [0.1, 0.15) is 0 Å². The van der Waals surface area contributed by atoms with Crippen LogP contribution in [0, 0.1) is 11.8 Å². The first-order valence-corrected chi connectivity index (χ1v) is 7.51. The van der Waals surface area contributed by atoms with E-state index in [0.717, 1.165) is 31.9 Å². The molecule has 3 rings (SSSR count). The fourth-order valence-electron chi connectivity index (χ4n) is 3.39. The topological polar surface area (TPSA) is 58.6 Å². The Hall–Kier alpha value is -1.69. The van der Waals surface area contributed by atoms with E-state index >= 15 is 0 Å². The van der Waals surface area contributed by atoms with Gasteiger partial charge in [0.25, 0.3) is 0 Å². The zero-order valence-corrected chi connectivity index (χ0v) is 12.6. The van der Waals surface area contributed by atoms with E-state index in [9.17, 15) is 4.79 Å². The molecule has 3 heterocycles. The second-order valence-corrected chi connectivity index (χ2v) is 5.98. The van der Waals surface area contributed by atoms with Gasteiger partial charge in [-0.25, -0.2) is 9.97 Å². The maximum absolute atomic E-state index is 12.4. The van der Waals surface area contributed by atoms with Crippen molar-refractivity contribution in [2.75, 3.05) is 38.7 Å². The quantitative estimate of drug-likeness (QED) is 0.806. The fraction of sp³-hybridized carbons (Fsp3) is 0.667. The van der Waals surface area contributed by atoms with E-state index in [0.29, 0.717) is 6.61 Å². The predicted molar refractivity (Wildman–Crippen MR) is 78.9 cm³/mol. The molecule has 2 aliphatic rings. The SMILES string of the molecule is CN(C)C(=O)[C@@H]1CCO[C@@H]2CCN(c3ncccn3)C[C@@H]21. The summed E-state index contributed by atoms with van der Waals surface area (Å²) in [6.07, 6.45) is 5.44. The average molecular weight is 290 g/mol. The van der Waals surface area contributed by atoms with E-state index in [4.69, 9.17) is 4.74 Å². The minimum absolute atomic E-state index is 0.0465. The van der Waals surface area contributed by atoms with Crippen LogP contribution < -0.4 is 4.90 Å². The van der Waals surface area contributed by atoms with Gasteiger partial charge >= 0.3 is 0 Å². The number of ether oxygens (including phenoxy) is 1. The van der Waals surface area contributed by atoms with Gasteiger partial charge in [-0.05, 0) is 18.9 Å². The highest BCUT2D eigenvalue weighted by Gasteiger charge is 2.42. The van der Waals surface area contributed by atoms with Gasteiger partial charge < -0.3 is 14.5 Å². The standard InChI is InChI=1S/C15H22N4O2/c1-18(2)14(20)11-5-9-21-13-4-8-19(10-12(11)13)15-16-6-3-7-17-15/h3,6-7,11-13H,4-5,8-10H2,1-2H3/t11-,12-,13-/m1/s1. The highest BCUT2D eigenvalue weighted by atomic mass is 16.5. The number of rotatable bonds is 2. The first-order chi connectivity index (χ1) is 10.2. The minimum Gasteiger partial charge on any atom is -0.378 e. The van der Waals surface area contributed by atoms with Crippen molar-refractivity contribution in [2.24, 2.45) is 11.8 Å². The van der Waals surface area contributed by atoms with E-state index in [2.05, 4.69) is 14.9 Å². The largest absolute Gasteiger partial charge is 0.378 e. The lowest BCUT2D eigenvalue weighted by molar-refractivity contribution is -0.144. The molecular weight excluding hydrogens is 268 g/mol. The summed E-state index contributed by atoms with van der Waals surface area (Å²) >= 11 is 0. The Bertz CT molecular complexity index is 494. The summed E-state index contributed by atoms with van der Waals surface area (Å²) < 4.78 is 5.89. The zero-order chi connectivity index (χ0) is 14.8. The molecule has 1 aromatic rings. The monoisotopic (exact) mass is 290 g/mol. The van der Waals surface area contributed by atoms with Crippen molar-refractivity contribution < 1.29 is 9.53 Å². The number of carbonyl (C=O) groups is 1. The Morgan fingerprint density at radius 1 is 1.33 bits per heavy atom. The van der Waals surface area contributed by atoms with Crippen LogP contribution in [0.25, 0.3) is 0 Å². The number of nitrogens with zero attached hydrogens (tertiary/aromatic N) is 4. The highest BCUT2D eigenvalue weighted by molar-refractivity contribution is 5.79. The lowest BCUT2D eigenvalue weighted by atomic mass is 9.79. The van der Waals surface area contributed by atoms with E-state index in [1.54, 1.807) is 17.3 Å². The highest BCUT2D eigenvalue weighted by Crippen LogP contribution is 2.34. The zero-order valence-electron chi connectivity index (χ0n) is 12.6. The van der Waals surface area contributed by atoms with E-state index in [1.807, 2.05) is 20.2 Å². The van der Waals surface area contributed by atoms with Crippen LogP contribution in [0.1, 0.15) is 12.8 Å². The first-order valence-electron chi connectivity index (χ1n) is 7.51. The molecule has 21 heavy (non-hydrogen) atoms. The number of carbonyl (C=O) groups excluding carboxylic acids is 1.